The number of nitrogens with zero attached hydrogens (tertiary/aromatic N) is 1. The SMILES string of the molecule is Cl.NC1C(=O)N(Cc2ccccc2Cl)c2ccc(Br)cc21. The van der Waals surface area contributed by atoms with Gasteiger partial charge in [-0.3, -0.25) is 4.79 Å². The highest BCUT2D eigenvalue weighted by molar-refractivity contribution is 9.10. The van der Waals surface area contributed by atoms with Crippen LogP contribution in [0.5, 0.6) is 0 Å². The fourth-order valence-corrected chi connectivity index (χ4v) is 2.97. The lowest BCUT2D eigenvalue weighted by atomic mass is 10.1. The smallest absolute Gasteiger partial charge is 0.248 e. The Bertz CT molecular complexity index is 693. The molecule has 0 fully saturated rings. The highest BCUT2D eigenvalue weighted by Gasteiger charge is 2.34. The molecule has 0 radical (unpaired) electrons. The molecule has 3 nitrogen and oxygen atoms in total. The van der Waals surface area contributed by atoms with E-state index < -0.39 is 6.04 Å². The number of carbonyl (C=O) groups is 1. The average molecular weight is 388 g/mol. The Hall–Kier alpha value is -1.07. The van der Waals surface area contributed by atoms with Crippen LogP contribution in [0.2, 0.25) is 5.02 Å². The molecule has 1 aliphatic heterocycles. The Morgan fingerprint density at radius 1 is 1.24 bits per heavy atom. The molecular weight excluding hydrogens is 375 g/mol. The number of fused-ring (bicyclic) bond motifs is 1. The third kappa shape index (κ3) is 2.94. The topological polar surface area (TPSA) is 46.3 Å². The number of benzene rings is 2. The molecule has 2 N–H and O–H groups in total. The first-order valence-corrected chi connectivity index (χ1v) is 7.35. The van der Waals surface area contributed by atoms with Crippen LogP contribution in [0.4, 0.5) is 5.69 Å². The van der Waals surface area contributed by atoms with E-state index in [1.54, 1.807) is 4.90 Å². The van der Waals surface area contributed by atoms with Crippen molar-refractivity contribution < 1.29 is 4.79 Å². The van der Waals surface area contributed by atoms with Crippen LogP contribution in [0, 0.1) is 0 Å². The van der Waals surface area contributed by atoms with Crippen LogP contribution >= 0.6 is 39.9 Å². The Balaban J connectivity index is 0.00000161. The minimum atomic E-state index is -0.606. The van der Waals surface area contributed by atoms with Crippen LogP contribution in [0.1, 0.15) is 17.2 Å². The summed E-state index contributed by atoms with van der Waals surface area (Å²) in [7, 11) is 0. The lowest BCUT2D eigenvalue weighted by Crippen LogP contribution is -2.31. The Kier molecular flexibility index (Phi) is 4.94. The monoisotopic (exact) mass is 386 g/mol. The van der Waals surface area contributed by atoms with Crippen LogP contribution in [-0.4, -0.2) is 5.91 Å². The number of rotatable bonds is 2. The van der Waals surface area contributed by atoms with E-state index in [-0.39, 0.29) is 18.3 Å². The molecular formula is C15H13BrCl2N2O. The highest BCUT2D eigenvalue weighted by Crippen LogP contribution is 2.37. The number of amides is 1. The summed E-state index contributed by atoms with van der Waals surface area (Å²) in [5, 5.41) is 0.652. The molecule has 0 aromatic heterocycles. The van der Waals surface area contributed by atoms with Gasteiger partial charge >= 0.3 is 0 Å². The molecule has 2 aromatic rings. The van der Waals surface area contributed by atoms with Crippen molar-refractivity contribution in [3.8, 4) is 0 Å². The van der Waals surface area contributed by atoms with Gasteiger partial charge in [0.1, 0.15) is 6.04 Å². The number of halogens is 3. The molecule has 3 rings (SSSR count). The number of hydrogen-bond acceptors (Lipinski definition) is 2. The molecule has 0 spiro atoms. The summed E-state index contributed by atoms with van der Waals surface area (Å²) >= 11 is 9.57. The lowest BCUT2D eigenvalue weighted by molar-refractivity contribution is -0.119. The summed E-state index contributed by atoms with van der Waals surface area (Å²) < 4.78 is 0.916. The molecule has 1 unspecified atom stereocenters. The van der Waals surface area contributed by atoms with E-state index in [2.05, 4.69) is 15.9 Å². The number of hydrogen-bond donors (Lipinski definition) is 1. The maximum Gasteiger partial charge on any atom is 0.248 e. The fourth-order valence-electron chi connectivity index (χ4n) is 2.40. The van der Waals surface area contributed by atoms with Gasteiger partial charge in [-0.2, -0.15) is 0 Å². The minimum Gasteiger partial charge on any atom is -0.316 e. The average Bonchev–Trinajstić information content (AvgIpc) is 2.66. The van der Waals surface area contributed by atoms with Crippen molar-refractivity contribution in [2.45, 2.75) is 12.6 Å². The van der Waals surface area contributed by atoms with Gasteiger partial charge in [0.25, 0.3) is 0 Å². The zero-order valence-electron chi connectivity index (χ0n) is 10.9. The van der Waals surface area contributed by atoms with E-state index in [9.17, 15) is 4.79 Å². The van der Waals surface area contributed by atoms with Gasteiger partial charge < -0.3 is 10.6 Å². The molecule has 0 saturated heterocycles. The van der Waals surface area contributed by atoms with E-state index in [4.69, 9.17) is 17.3 Å². The van der Waals surface area contributed by atoms with Gasteiger partial charge in [0, 0.05) is 20.7 Å². The zero-order valence-corrected chi connectivity index (χ0v) is 14.1. The summed E-state index contributed by atoms with van der Waals surface area (Å²) in [6.45, 7) is 0.431. The number of anilines is 1. The number of carbonyl (C=O) groups excluding carboxylic acids is 1. The Morgan fingerprint density at radius 2 is 1.95 bits per heavy atom. The quantitative estimate of drug-likeness (QED) is 0.844. The fraction of sp³-hybridized carbons (Fsp3) is 0.133. The molecule has 2 aromatic carbocycles. The van der Waals surface area contributed by atoms with Gasteiger partial charge in [0.05, 0.1) is 6.54 Å². The summed E-state index contributed by atoms with van der Waals surface area (Å²) in [5.41, 5.74) is 8.60. The summed E-state index contributed by atoms with van der Waals surface area (Å²) in [4.78, 5) is 14.0. The van der Waals surface area contributed by atoms with Crippen molar-refractivity contribution in [3.63, 3.8) is 0 Å². The van der Waals surface area contributed by atoms with Crippen molar-refractivity contribution in [1.29, 1.82) is 0 Å². The zero-order chi connectivity index (χ0) is 14.3. The molecule has 21 heavy (non-hydrogen) atoms. The van der Waals surface area contributed by atoms with Crippen molar-refractivity contribution in [2.24, 2.45) is 5.73 Å². The molecule has 0 aliphatic carbocycles. The molecule has 0 bridgehead atoms. The van der Waals surface area contributed by atoms with Gasteiger partial charge in [-0.05, 0) is 29.8 Å². The maximum atomic E-state index is 12.3. The van der Waals surface area contributed by atoms with Gasteiger partial charge in [0.15, 0.2) is 0 Å². The first-order chi connectivity index (χ1) is 9.58. The second-order valence-corrected chi connectivity index (χ2v) is 6.02. The van der Waals surface area contributed by atoms with Crippen molar-refractivity contribution in [2.75, 3.05) is 4.90 Å². The van der Waals surface area contributed by atoms with E-state index in [1.165, 1.54) is 0 Å². The van der Waals surface area contributed by atoms with Gasteiger partial charge in [-0.15, -0.1) is 12.4 Å². The van der Waals surface area contributed by atoms with Crippen LogP contribution in [-0.2, 0) is 11.3 Å². The number of nitrogens with two attached hydrogens (primary N) is 1. The molecule has 0 saturated carbocycles. The second-order valence-electron chi connectivity index (χ2n) is 4.70. The van der Waals surface area contributed by atoms with Gasteiger partial charge in [-0.1, -0.05) is 45.7 Å². The first-order valence-electron chi connectivity index (χ1n) is 6.18. The van der Waals surface area contributed by atoms with Gasteiger partial charge in [-0.25, -0.2) is 0 Å². The summed E-state index contributed by atoms with van der Waals surface area (Å²) in [6, 6.07) is 12.6. The molecule has 6 heteroatoms. The Labute approximate surface area is 142 Å². The van der Waals surface area contributed by atoms with Crippen LogP contribution in [0.25, 0.3) is 0 Å². The Morgan fingerprint density at radius 3 is 2.67 bits per heavy atom. The molecule has 1 atom stereocenters. The lowest BCUT2D eigenvalue weighted by Gasteiger charge is -2.18. The molecule has 1 aliphatic rings. The normalized spacial score (nSPS) is 16.6. The van der Waals surface area contributed by atoms with E-state index in [0.717, 1.165) is 21.3 Å². The van der Waals surface area contributed by atoms with Crippen molar-refractivity contribution in [1.82, 2.24) is 0 Å². The van der Waals surface area contributed by atoms with Crippen molar-refractivity contribution in [3.05, 3.63) is 63.1 Å². The molecule has 1 heterocycles. The van der Waals surface area contributed by atoms with E-state index in [0.29, 0.717) is 11.6 Å². The van der Waals surface area contributed by atoms with E-state index in [1.807, 2.05) is 42.5 Å². The minimum absolute atomic E-state index is 0. The van der Waals surface area contributed by atoms with Crippen LogP contribution in [0.3, 0.4) is 0 Å². The molecule has 110 valence electrons. The highest BCUT2D eigenvalue weighted by atomic mass is 79.9. The third-order valence-electron chi connectivity index (χ3n) is 3.43. The van der Waals surface area contributed by atoms with E-state index >= 15 is 0 Å². The van der Waals surface area contributed by atoms with Crippen LogP contribution < -0.4 is 10.6 Å². The molecule has 1 amide bonds. The second kappa shape index (κ2) is 6.36. The standard InChI is InChI=1S/C15H12BrClN2O.ClH/c16-10-5-6-13-11(7-10)14(18)15(20)19(13)8-9-3-1-2-4-12(9)17;/h1-7,14H,8,18H2;1H. The predicted octanol–water partition coefficient (Wildman–Crippen LogP) is 4.07. The first kappa shape index (κ1) is 16.3. The summed E-state index contributed by atoms with van der Waals surface area (Å²) in [6.07, 6.45) is 0. The largest absolute Gasteiger partial charge is 0.316 e. The van der Waals surface area contributed by atoms with Crippen LogP contribution in [0.15, 0.2) is 46.9 Å². The van der Waals surface area contributed by atoms with Gasteiger partial charge in [0.2, 0.25) is 5.91 Å². The predicted molar refractivity (Wildman–Crippen MR) is 91.0 cm³/mol. The maximum absolute atomic E-state index is 12.3. The van der Waals surface area contributed by atoms with Crippen molar-refractivity contribution >= 4 is 51.5 Å². The third-order valence-corrected chi connectivity index (χ3v) is 4.30. The summed E-state index contributed by atoms with van der Waals surface area (Å²) in [5.74, 6) is -0.0991.